The van der Waals surface area contributed by atoms with Gasteiger partial charge in [-0.2, -0.15) is 0 Å². The second-order valence-corrected chi connectivity index (χ2v) is 9.08. The van der Waals surface area contributed by atoms with Crippen LogP contribution in [0.4, 0.5) is 0 Å². The van der Waals surface area contributed by atoms with Gasteiger partial charge in [0.2, 0.25) is 11.8 Å². The van der Waals surface area contributed by atoms with Crippen molar-refractivity contribution in [3.63, 3.8) is 0 Å². The molecule has 1 aromatic carbocycles. The number of rotatable bonds is 4. The van der Waals surface area contributed by atoms with E-state index in [0.717, 1.165) is 25.2 Å². The van der Waals surface area contributed by atoms with Gasteiger partial charge in [-0.3, -0.25) is 24.6 Å². The van der Waals surface area contributed by atoms with Gasteiger partial charge in [-0.1, -0.05) is 18.6 Å². The lowest BCUT2D eigenvalue weighted by molar-refractivity contribution is -0.136. The molecule has 0 aliphatic carbocycles. The summed E-state index contributed by atoms with van der Waals surface area (Å²) in [5, 5.41) is 6.10. The number of piperidine rings is 2. The summed E-state index contributed by atoms with van der Waals surface area (Å²) in [4.78, 5) is 41.1. The van der Waals surface area contributed by atoms with Gasteiger partial charge in [-0.05, 0) is 62.4 Å². The van der Waals surface area contributed by atoms with Gasteiger partial charge in [0.05, 0.1) is 0 Å². The van der Waals surface area contributed by atoms with Gasteiger partial charge in [0.25, 0.3) is 5.91 Å². The molecule has 3 amide bonds. The van der Waals surface area contributed by atoms with E-state index in [1.54, 1.807) is 4.90 Å². The summed E-state index contributed by atoms with van der Waals surface area (Å²) < 4.78 is 0. The third kappa shape index (κ3) is 3.54. The van der Waals surface area contributed by atoms with Crippen LogP contribution in [0.3, 0.4) is 0 Å². The number of imide groups is 1. The van der Waals surface area contributed by atoms with Gasteiger partial charge in [-0.15, -0.1) is 0 Å². The van der Waals surface area contributed by atoms with Crippen molar-refractivity contribution in [1.29, 1.82) is 0 Å². The Bertz CT molecular complexity index is 864. The number of fused-ring (bicyclic) bond motifs is 1. The molecular formula is C23H30N4O3. The Morgan fingerprint density at radius 1 is 1.03 bits per heavy atom. The molecule has 2 N–H and O–H groups in total. The fourth-order valence-corrected chi connectivity index (χ4v) is 5.73. The summed E-state index contributed by atoms with van der Waals surface area (Å²) in [7, 11) is 0. The first-order valence-corrected chi connectivity index (χ1v) is 11.3. The van der Waals surface area contributed by atoms with E-state index in [9.17, 15) is 14.4 Å². The Balaban J connectivity index is 1.34. The number of benzene rings is 1. The van der Waals surface area contributed by atoms with Gasteiger partial charge >= 0.3 is 0 Å². The highest BCUT2D eigenvalue weighted by molar-refractivity contribution is 6.05. The number of nitrogens with zero attached hydrogens (tertiary/aromatic N) is 2. The Morgan fingerprint density at radius 3 is 2.73 bits per heavy atom. The largest absolute Gasteiger partial charge is 0.322 e. The molecule has 0 saturated carbocycles. The lowest BCUT2D eigenvalue weighted by Crippen LogP contribution is -2.52. The third-order valence-electron chi connectivity index (χ3n) is 7.28. The van der Waals surface area contributed by atoms with Crippen molar-refractivity contribution in [2.24, 2.45) is 0 Å². The van der Waals surface area contributed by atoms with Crippen LogP contribution in [-0.2, 0) is 22.7 Å². The minimum Gasteiger partial charge on any atom is -0.322 e. The first kappa shape index (κ1) is 19.7. The Kier molecular flexibility index (Phi) is 5.33. The zero-order valence-corrected chi connectivity index (χ0v) is 17.4. The molecule has 1 aromatic rings. The average Bonchev–Trinajstić information content (AvgIpc) is 3.34. The first-order chi connectivity index (χ1) is 14.6. The Hall–Kier alpha value is -2.25. The van der Waals surface area contributed by atoms with Crippen molar-refractivity contribution in [1.82, 2.24) is 20.4 Å². The van der Waals surface area contributed by atoms with E-state index in [1.165, 1.54) is 37.7 Å². The van der Waals surface area contributed by atoms with Gasteiger partial charge in [0, 0.05) is 37.2 Å². The number of hydrogen-bond donors (Lipinski definition) is 2. The van der Waals surface area contributed by atoms with Crippen LogP contribution in [0.2, 0.25) is 0 Å². The summed E-state index contributed by atoms with van der Waals surface area (Å²) in [6, 6.07) is 6.54. The van der Waals surface area contributed by atoms with Crippen LogP contribution in [0.25, 0.3) is 0 Å². The van der Waals surface area contributed by atoms with Crippen LogP contribution in [0, 0.1) is 0 Å². The highest BCUT2D eigenvalue weighted by Gasteiger charge is 2.40. The van der Waals surface area contributed by atoms with E-state index in [2.05, 4.69) is 21.6 Å². The predicted octanol–water partition coefficient (Wildman–Crippen LogP) is 1.55. The molecule has 3 saturated heterocycles. The number of nitrogens with one attached hydrogen (secondary N) is 2. The van der Waals surface area contributed by atoms with Crippen molar-refractivity contribution in [3.05, 3.63) is 34.9 Å². The van der Waals surface area contributed by atoms with Crippen LogP contribution in [0.1, 0.15) is 66.4 Å². The summed E-state index contributed by atoms with van der Waals surface area (Å²) >= 11 is 0. The predicted molar refractivity (Wildman–Crippen MR) is 112 cm³/mol. The molecule has 7 heteroatoms. The van der Waals surface area contributed by atoms with Gasteiger partial charge < -0.3 is 10.2 Å². The third-order valence-corrected chi connectivity index (χ3v) is 7.28. The van der Waals surface area contributed by atoms with Crippen molar-refractivity contribution < 1.29 is 14.4 Å². The molecular weight excluding hydrogens is 380 g/mol. The van der Waals surface area contributed by atoms with E-state index in [1.807, 2.05) is 12.1 Å². The number of hydrogen-bond acceptors (Lipinski definition) is 5. The topological polar surface area (TPSA) is 81.8 Å². The molecule has 160 valence electrons. The SMILES string of the molecule is O=C1CCC(N2Cc3c(CN4CCCC4C4CCCCN4)cccc3C2=O)C(=O)N1. The molecule has 3 unspecified atom stereocenters. The summed E-state index contributed by atoms with van der Waals surface area (Å²) in [6.45, 7) is 3.52. The number of carbonyl (C=O) groups is 3. The molecule has 0 radical (unpaired) electrons. The molecule has 3 atom stereocenters. The van der Waals surface area contributed by atoms with Crippen LogP contribution < -0.4 is 10.6 Å². The van der Waals surface area contributed by atoms with Crippen molar-refractivity contribution in [3.8, 4) is 0 Å². The smallest absolute Gasteiger partial charge is 0.255 e. The fraction of sp³-hybridized carbons (Fsp3) is 0.609. The van der Waals surface area contributed by atoms with Crippen LogP contribution in [0.5, 0.6) is 0 Å². The molecule has 0 aromatic heterocycles. The van der Waals surface area contributed by atoms with Crippen molar-refractivity contribution in [2.45, 2.75) is 76.2 Å². The highest BCUT2D eigenvalue weighted by atomic mass is 16.2. The Morgan fingerprint density at radius 2 is 1.93 bits per heavy atom. The maximum atomic E-state index is 13.1. The maximum Gasteiger partial charge on any atom is 0.255 e. The summed E-state index contributed by atoms with van der Waals surface area (Å²) in [5.41, 5.74) is 2.96. The van der Waals surface area contributed by atoms with E-state index >= 15 is 0 Å². The Labute approximate surface area is 177 Å². The molecule has 0 spiro atoms. The van der Waals surface area contributed by atoms with E-state index in [-0.39, 0.29) is 24.1 Å². The monoisotopic (exact) mass is 410 g/mol. The normalized spacial score (nSPS) is 29.9. The fourth-order valence-electron chi connectivity index (χ4n) is 5.73. The molecule has 5 rings (SSSR count). The number of carbonyl (C=O) groups excluding carboxylic acids is 3. The quantitative estimate of drug-likeness (QED) is 0.736. The molecule has 30 heavy (non-hydrogen) atoms. The van der Waals surface area contributed by atoms with E-state index < -0.39 is 6.04 Å². The van der Waals surface area contributed by atoms with Gasteiger partial charge in [0.1, 0.15) is 6.04 Å². The van der Waals surface area contributed by atoms with Crippen LogP contribution >= 0.6 is 0 Å². The highest BCUT2D eigenvalue weighted by Crippen LogP contribution is 2.32. The minimum absolute atomic E-state index is 0.0896. The molecule has 7 nitrogen and oxygen atoms in total. The molecule has 4 aliphatic rings. The summed E-state index contributed by atoms with van der Waals surface area (Å²) in [6.07, 6.45) is 6.96. The van der Waals surface area contributed by atoms with Gasteiger partial charge in [0.15, 0.2) is 0 Å². The number of amides is 3. The lowest BCUT2D eigenvalue weighted by atomic mass is 9.95. The molecule has 0 bridgehead atoms. The van der Waals surface area contributed by atoms with Crippen molar-refractivity contribution in [2.75, 3.05) is 13.1 Å². The second kappa shape index (κ2) is 8.12. The molecule has 3 fully saturated rings. The average molecular weight is 411 g/mol. The zero-order chi connectivity index (χ0) is 20.7. The molecule has 4 heterocycles. The van der Waals surface area contributed by atoms with E-state index in [4.69, 9.17) is 0 Å². The minimum atomic E-state index is -0.554. The second-order valence-electron chi connectivity index (χ2n) is 9.08. The van der Waals surface area contributed by atoms with Crippen LogP contribution in [0.15, 0.2) is 18.2 Å². The van der Waals surface area contributed by atoms with Crippen molar-refractivity contribution >= 4 is 17.7 Å². The molecule has 4 aliphatic heterocycles. The summed E-state index contributed by atoms with van der Waals surface area (Å²) in [5.74, 6) is -0.692. The standard InChI is InChI=1S/C23H30N4O3/c28-21-10-9-20(22(29)25-21)27-14-17-15(5-3-6-16(17)23(27)30)13-26-12-4-8-19(26)18-7-1-2-11-24-18/h3,5-6,18-20,24H,1-2,4,7-14H2,(H,25,28,29). The van der Waals surface area contributed by atoms with Gasteiger partial charge in [-0.25, -0.2) is 0 Å². The number of likely N-dealkylation sites (tertiary alicyclic amines) is 1. The maximum absolute atomic E-state index is 13.1. The lowest BCUT2D eigenvalue weighted by Gasteiger charge is -2.35. The van der Waals surface area contributed by atoms with E-state index in [0.29, 0.717) is 30.6 Å². The zero-order valence-electron chi connectivity index (χ0n) is 17.4. The van der Waals surface area contributed by atoms with Crippen LogP contribution in [-0.4, -0.2) is 58.7 Å². The first-order valence-electron chi connectivity index (χ1n) is 11.3.